The molecule has 1 aromatic heterocycles. The van der Waals surface area contributed by atoms with Gasteiger partial charge in [0.15, 0.2) is 5.43 Å². The lowest BCUT2D eigenvalue weighted by molar-refractivity contribution is 0.146. The molecule has 0 aliphatic carbocycles. The molecule has 2 aromatic rings. The fraction of sp³-hybridized carbons (Fsp3) is 0.250. The van der Waals surface area contributed by atoms with Crippen molar-refractivity contribution in [3.63, 3.8) is 0 Å². The van der Waals surface area contributed by atoms with Gasteiger partial charge in [0.05, 0.1) is 11.2 Å². The molecule has 1 N–H and O–H groups in total. The van der Waals surface area contributed by atoms with Gasteiger partial charge in [-0.1, -0.05) is 6.07 Å². The highest BCUT2D eigenvalue weighted by Crippen LogP contribution is 2.20. The molecule has 0 amide bonds. The van der Waals surface area contributed by atoms with E-state index in [4.69, 9.17) is 0 Å². The number of benzene rings is 1. The second-order valence-corrected chi connectivity index (χ2v) is 3.89. The normalized spacial score (nSPS) is 11.3. The maximum atomic E-state index is 12.5. The maximum absolute atomic E-state index is 12.5. The SMILES string of the molecule is Cc1cc(C)c2[nH]c(C(F)F)cc(=O)c2c1. The van der Waals surface area contributed by atoms with Crippen molar-refractivity contribution in [2.45, 2.75) is 20.3 Å². The second kappa shape index (κ2) is 3.70. The monoisotopic (exact) mass is 223 g/mol. The Morgan fingerprint density at radius 3 is 2.50 bits per heavy atom. The molecule has 84 valence electrons. The van der Waals surface area contributed by atoms with Crippen molar-refractivity contribution < 1.29 is 8.78 Å². The molecule has 0 atom stereocenters. The predicted molar refractivity (Wildman–Crippen MR) is 59.0 cm³/mol. The van der Waals surface area contributed by atoms with E-state index in [1.807, 2.05) is 13.0 Å². The van der Waals surface area contributed by atoms with Crippen LogP contribution in [0.2, 0.25) is 0 Å². The topological polar surface area (TPSA) is 32.9 Å². The number of aromatic nitrogens is 1. The number of alkyl halides is 2. The number of halogens is 2. The Balaban J connectivity index is 2.87. The Morgan fingerprint density at radius 1 is 1.19 bits per heavy atom. The molecule has 0 saturated heterocycles. The first-order chi connectivity index (χ1) is 7.49. The maximum Gasteiger partial charge on any atom is 0.278 e. The van der Waals surface area contributed by atoms with Crippen LogP contribution in [0.3, 0.4) is 0 Å². The summed E-state index contributed by atoms with van der Waals surface area (Å²) in [6.45, 7) is 3.66. The van der Waals surface area contributed by atoms with Gasteiger partial charge in [-0.2, -0.15) is 0 Å². The molecule has 0 aliphatic rings. The quantitative estimate of drug-likeness (QED) is 0.791. The molecule has 1 heterocycles. The molecule has 0 aliphatic heterocycles. The van der Waals surface area contributed by atoms with Gasteiger partial charge in [-0.25, -0.2) is 8.78 Å². The summed E-state index contributed by atoms with van der Waals surface area (Å²) in [7, 11) is 0. The van der Waals surface area contributed by atoms with Gasteiger partial charge >= 0.3 is 0 Å². The minimum absolute atomic E-state index is 0.329. The number of hydrogen-bond donors (Lipinski definition) is 1. The predicted octanol–water partition coefficient (Wildman–Crippen LogP) is 3.08. The standard InChI is InChI=1S/C12H11F2NO/c1-6-3-7(2)11-8(4-6)10(16)5-9(15-11)12(13)14/h3-5,12H,1-2H3,(H,15,16). The van der Waals surface area contributed by atoms with Crippen LogP contribution >= 0.6 is 0 Å². The van der Waals surface area contributed by atoms with Crippen LogP contribution in [-0.2, 0) is 0 Å². The summed E-state index contributed by atoms with van der Waals surface area (Å²) in [5.41, 5.74) is 1.55. The van der Waals surface area contributed by atoms with Crippen LogP contribution in [0, 0.1) is 13.8 Å². The Hall–Kier alpha value is -1.71. The molecule has 0 fully saturated rings. The van der Waals surface area contributed by atoms with Crippen molar-refractivity contribution in [1.29, 1.82) is 0 Å². The van der Waals surface area contributed by atoms with Gasteiger partial charge in [0.2, 0.25) is 0 Å². The molecule has 16 heavy (non-hydrogen) atoms. The van der Waals surface area contributed by atoms with Gasteiger partial charge in [0.1, 0.15) is 0 Å². The van der Waals surface area contributed by atoms with Crippen LogP contribution < -0.4 is 5.43 Å². The summed E-state index contributed by atoms with van der Waals surface area (Å²) in [5.74, 6) is 0. The smallest absolute Gasteiger partial charge is 0.278 e. The zero-order valence-electron chi connectivity index (χ0n) is 8.97. The van der Waals surface area contributed by atoms with Gasteiger partial charge in [0, 0.05) is 11.5 Å². The fourth-order valence-electron chi connectivity index (χ4n) is 1.84. The van der Waals surface area contributed by atoms with Crippen LogP contribution in [0.25, 0.3) is 10.9 Å². The molecule has 2 rings (SSSR count). The number of rotatable bonds is 1. The van der Waals surface area contributed by atoms with Crippen molar-refractivity contribution in [2.24, 2.45) is 0 Å². The van der Waals surface area contributed by atoms with E-state index in [1.165, 1.54) is 0 Å². The lowest BCUT2D eigenvalue weighted by atomic mass is 10.1. The van der Waals surface area contributed by atoms with Crippen LogP contribution in [0.1, 0.15) is 23.2 Å². The first kappa shape index (κ1) is 10.8. The summed E-state index contributed by atoms with van der Waals surface area (Å²) in [4.78, 5) is 14.3. The first-order valence-corrected chi connectivity index (χ1v) is 4.91. The minimum atomic E-state index is -2.65. The minimum Gasteiger partial charge on any atom is -0.353 e. The number of nitrogens with one attached hydrogen (secondary N) is 1. The molecular weight excluding hydrogens is 212 g/mol. The Morgan fingerprint density at radius 2 is 1.88 bits per heavy atom. The van der Waals surface area contributed by atoms with E-state index in [0.29, 0.717) is 10.9 Å². The highest BCUT2D eigenvalue weighted by atomic mass is 19.3. The number of H-pyrrole nitrogens is 1. The van der Waals surface area contributed by atoms with E-state index in [1.54, 1.807) is 13.0 Å². The number of fused-ring (bicyclic) bond motifs is 1. The van der Waals surface area contributed by atoms with Gasteiger partial charge in [-0.15, -0.1) is 0 Å². The summed E-state index contributed by atoms with van der Waals surface area (Å²) < 4.78 is 25.0. The number of aromatic amines is 1. The van der Waals surface area contributed by atoms with Gasteiger partial charge in [-0.3, -0.25) is 4.79 Å². The third kappa shape index (κ3) is 1.71. The van der Waals surface area contributed by atoms with E-state index in [-0.39, 0.29) is 11.1 Å². The highest BCUT2D eigenvalue weighted by molar-refractivity contribution is 5.82. The van der Waals surface area contributed by atoms with Crippen molar-refractivity contribution in [2.75, 3.05) is 0 Å². The van der Waals surface area contributed by atoms with E-state index in [2.05, 4.69) is 4.98 Å². The lowest BCUT2D eigenvalue weighted by Crippen LogP contribution is -2.06. The molecule has 4 heteroatoms. The summed E-state index contributed by atoms with van der Waals surface area (Å²) in [5, 5.41) is 0.460. The average molecular weight is 223 g/mol. The summed E-state index contributed by atoms with van der Waals surface area (Å²) in [6, 6.07) is 4.52. The Bertz CT molecular complexity index is 602. The van der Waals surface area contributed by atoms with Crippen LogP contribution in [0.15, 0.2) is 23.0 Å². The molecule has 1 aromatic carbocycles. The largest absolute Gasteiger partial charge is 0.353 e. The number of hydrogen-bond acceptors (Lipinski definition) is 1. The molecule has 0 radical (unpaired) electrons. The number of aryl methyl sites for hydroxylation is 2. The zero-order valence-corrected chi connectivity index (χ0v) is 8.97. The molecule has 0 unspecified atom stereocenters. The zero-order chi connectivity index (χ0) is 11.9. The van der Waals surface area contributed by atoms with Crippen molar-refractivity contribution in [1.82, 2.24) is 4.98 Å². The van der Waals surface area contributed by atoms with E-state index in [9.17, 15) is 13.6 Å². The third-order valence-electron chi connectivity index (χ3n) is 2.54. The van der Waals surface area contributed by atoms with E-state index in [0.717, 1.165) is 17.2 Å². The van der Waals surface area contributed by atoms with Gasteiger partial charge in [-0.05, 0) is 31.0 Å². The van der Waals surface area contributed by atoms with Crippen LogP contribution in [0.4, 0.5) is 8.78 Å². The molecule has 0 saturated carbocycles. The molecular formula is C12H11F2NO. The first-order valence-electron chi connectivity index (χ1n) is 4.91. The molecule has 2 nitrogen and oxygen atoms in total. The third-order valence-corrected chi connectivity index (χ3v) is 2.54. The van der Waals surface area contributed by atoms with Crippen LogP contribution in [-0.4, -0.2) is 4.98 Å². The lowest BCUT2D eigenvalue weighted by Gasteiger charge is -2.07. The van der Waals surface area contributed by atoms with E-state index >= 15 is 0 Å². The van der Waals surface area contributed by atoms with Gasteiger partial charge < -0.3 is 4.98 Å². The summed E-state index contributed by atoms with van der Waals surface area (Å²) in [6.07, 6.45) is -2.65. The van der Waals surface area contributed by atoms with Crippen molar-refractivity contribution in [3.8, 4) is 0 Å². The molecule has 0 spiro atoms. The average Bonchev–Trinajstić information content (AvgIpc) is 2.19. The summed E-state index contributed by atoms with van der Waals surface area (Å²) >= 11 is 0. The fourth-order valence-corrected chi connectivity index (χ4v) is 1.84. The Labute approximate surface area is 90.9 Å². The highest BCUT2D eigenvalue weighted by Gasteiger charge is 2.11. The van der Waals surface area contributed by atoms with Crippen molar-refractivity contribution in [3.05, 3.63) is 45.2 Å². The van der Waals surface area contributed by atoms with Gasteiger partial charge in [0.25, 0.3) is 6.43 Å². The van der Waals surface area contributed by atoms with Crippen molar-refractivity contribution >= 4 is 10.9 Å². The Kier molecular flexibility index (Phi) is 2.50. The van der Waals surface area contributed by atoms with Crippen LogP contribution in [0.5, 0.6) is 0 Å². The second-order valence-electron chi connectivity index (χ2n) is 3.89. The van der Waals surface area contributed by atoms with E-state index < -0.39 is 6.43 Å². The number of pyridine rings is 1. The molecule has 0 bridgehead atoms.